The molecule has 0 N–H and O–H groups in total. The second kappa shape index (κ2) is 6.18. The minimum Gasteiger partial charge on any atom is -0.465 e. The Morgan fingerprint density at radius 3 is 2.90 bits per heavy atom. The molecule has 1 fully saturated rings. The number of methoxy groups -OCH3 is 1. The molecule has 2 rings (SSSR count). The van der Waals surface area contributed by atoms with Crippen molar-refractivity contribution in [3.63, 3.8) is 0 Å². The van der Waals surface area contributed by atoms with Gasteiger partial charge in [-0.05, 0) is 30.7 Å². The highest BCUT2D eigenvalue weighted by atomic mass is 79.9. The predicted octanol–water partition coefficient (Wildman–Crippen LogP) is 3.47. The molecule has 1 heterocycles. The van der Waals surface area contributed by atoms with Gasteiger partial charge in [-0.3, -0.25) is 4.90 Å². The number of carbonyl (C=O) groups is 1. The molecule has 1 saturated heterocycles. The summed E-state index contributed by atoms with van der Waals surface area (Å²) in [5.41, 5.74) is 1.10. The highest BCUT2D eigenvalue weighted by Gasteiger charge is 2.35. The summed E-state index contributed by atoms with van der Waals surface area (Å²) in [5, 5.41) is 0. The van der Waals surface area contributed by atoms with Crippen LogP contribution in [0.3, 0.4) is 0 Å². The fourth-order valence-electron chi connectivity index (χ4n) is 2.43. The molecule has 20 heavy (non-hydrogen) atoms. The molecule has 0 bridgehead atoms. The molecule has 0 aliphatic carbocycles. The maximum Gasteiger partial charge on any atom is 0.338 e. The molecule has 1 aliphatic rings. The van der Waals surface area contributed by atoms with Crippen LogP contribution in [0.5, 0.6) is 0 Å². The van der Waals surface area contributed by atoms with Gasteiger partial charge in [0.2, 0.25) is 0 Å². The summed E-state index contributed by atoms with van der Waals surface area (Å²) in [6.07, 6.45) is 0.397. The minimum atomic E-state index is -2.65. The number of hydrogen-bond donors (Lipinski definition) is 0. The number of ether oxygens (including phenoxy) is 1. The topological polar surface area (TPSA) is 29.5 Å². The van der Waals surface area contributed by atoms with Crippen LogP contribution in [0.1, 0.15) is 28.8 Å². The van der Waals surface area contributed by atoms with Gasteiger partial charge in [0.15, 0.2) is 0 Å². The molecule has 0 aromatic heterocycles. The van der Waals surface area contributed by atoms with Gasteiger partial charge in [0.1, 0.15) is 0 Å². The van der Waals surface area contributed by atoms with E-state index in [1.54, 1.807) is 23.1 Å². The van der Waals surface area contributed by atoms with Gasteiger partial charge in [-0.25, -0.2) is 13.6 Å². The first-order valence-corrected chi connectivity index (χ1v) is 7.18. The Kier molecular flexibility index (Phi) is 4.75. The smallest absolute Gasteiger partial charge is 0.338 e. The molecule has 0 spiro atoms. The fourth-order valence-corrected chi connectivity index (χ4v) is 2.92. The van der Waals surface area contributed by atoms with E-state index < -0.39 is 11.9 Å². The summed E-state index contributed by atoms with van der Waals surface area (Å²) in [4.78, 5) is 13.4. The van der Waals surface area contributed by atoms with Gasteiger partial charge in [-0.15, -0.1) is 0 Å². The van der Waals surface area contributed by atoms with Crippen molar-refractivity contribution in [3.05, 3.63) is 33.8 Å². The molecule has 6 heteroatoms. The van der Waals surface area contributed by atoms with E-state index in [4.69, 9.17) is 4.74 Å². The Labute approximate surface area is 125 Å². The highest BCUT2D eigenvalue weighted by molar-refractivity contribution is 9.10. The predicted molar refractivity (Wildman–Crippen MR) is 74.9 cm³/mol. The second-order valence-electron chi connectivity index (χ2n) is 4.93. The van der Waals surface area contributed by atoms with E-state index in [0.717, 1.165) is 4.47 Å². The van der Waals surface area contributed by atoms with E-state index in [1.165, 1.54) is 7.11 Å². The van der Waals surface area contributed by atoms with E-state index in [2.05, 4.69) is 15.9 Å². The Morgan fingerprint density at radius 2 is 2.25 bits per heavy atom. The van der Waals surface area contributed by atoms with Crippen LogP contribution >= 0.6 is 15.9 Å². The Morgan fingerprint density at radius 1 is 1.50 bits per heavy atom. The largest absolute Gasteiger partial charge is 0.465 e. The Bertz CT molecular complexity index is 508. The van der Waals surface area contributed by atoms with Gasteiger partial charge in [0.25, 0.3) is 5.92 Å². The summed E-state index contributed by atoms with van der Waals surface area (Å²) in [5.74, 6) is -3.10. The number of hydrogen-bond acceptors (Lipinski definition) is 3. The molecule has 1 aromatic rings. The minimum absolute atomic E-state index is 0.0662. The first-order valence-electron chi connectivity index (χ1n) is 6.39. The van der Waals surface area contributed by atoms with E-state index >= 15 is 0 Å². The molecular formula is C14H16BrF2NO2. The average Bonchev–Trinajstić information content (AvgIpc) is 2.39. The van der Waals surface area contributed by atoms with Crippen molar-refractivity contribution in [3.8, 4) is 0 Å². The van der Waals surface area contributed by atoms with Crippen LogP contribution in [0.15, 0.2) is 22.7 Å². The van der Waals surface area contributed by atoms with Crippen LogP contribution in [0, 0.1) is 0 Å². The van der Waals surface area contributed by atoms with Crippen molar-refractivity contribution < 1.29 is 18.3 Å². The van der Waals surface area contributed by atoms with Gasteiger partial charge in [0.05, 0.1) is 19.2 Å². The van der Waals surface area contributed by atoms with Crippen molar-refractivity contribution in [1.29, 1.82) is 0 Å². The number of rotatable bonds is 3. The zero-order valence-electron chi connectivity index (χ0n) is 11.2. The fraction of sp³-hybridized carbons (Fsp3) is 0.500. The second-order valence-corrected chi connectivity index (χ2v) is 5.78. The number of piperidine rings is 1. The maximum absolute atomic E-state index is 13.4. The normalized spacial score (nSPS) is 18.8. The van der Waals surface area contributed by atoms with Crippen LogP contribution in [0.2, 0.25) is 0 Å². The van der Waals surface area contributed by atoms with Gasteiger partial charge in [0, 0.05) is 17.4 Å². The van der Waals surface area contributed by atoms with Crippen LogP contribution in [-0.2, 0) is 11.3 Å². The molecule has 0 saturated carbocycles. The lowest BCUT2D eigenvalue weighted by atomic mass is 10.0. The third kappa shape index (κ3) is 3.55. The van der Waals surface area contributed by atoms with Crippen molar-refractivity contribution in [1.82, 2.24) is 4.90 Å². The summed E-state index contributed by atoms with van der Waals surface area (Å²) >= 11 is 3.38. The zero-order chi connectivity index (χ0) is 14.8. The number of carbonyl (C=O) groups excluding carboxylic acids is 1. The lowest BCUT2D eigenvalue weighted by Gasteiger charge is -2.32. The van der Waals surface area contributed by atoms with Crippen LogP contribution in [0.4, 0.5) is 8.78 Å². The zero-order valence-corrected chi connectivity index (χ0v) is 12.8. The van der Waals surface area contributed by atoms with Gasteiger partial charge >= 0.3 is 5.97 Å². The summed E-state index contributed by atoms with van der Waals surface area (Å²) in [7, 11) is 1.31. The Balaban J connectivity index is 2.22. The molecule has 1 aliphatic heterocycles. The lowest BCUT2D eigenvalue weighted by Crippen LogP contribution is -2.42. The molecule has 0 unspecified atom stereocenters. The van der Waals surface area contributed by atoms with E-state index in [9.17, 15) is 13.6 Å². The Hall–Kier alpha value is -1.01. The highest BCUT2D eigenvalue weighted by Crippen LogP contribution is 2.30. The van der Waals surface area contributed by atoms with Crippen LogP contribution in [0.25, 0.3) is 0 Å². The maximum atomic E-state index is 13.4. The molecule has 0 amide bonds. The van der Waals surface area contributed by atoms with Gasteiger partial charge in [-0.2, -0.15) is 0 Å². The first kappa shape index (κ1) is 15.4. The van der Waals surface area contributed by atoms with E-state index in [1.807, 2.05) is 0 Å². The third-order valence-electron chi connectivity index (χ3n) is 3.38. The van der Waals surface area contributed by atoms with Crippen molar-refractivity contribution >= 4 is 21.9 Å². The number of likely N-dealkylation sites (tertiary alicyclic amines) is 1. The third-order valence-corrected chi connectivity index (χ3v) is 4.12. The van der Waals surface area contributed by atoms with Crippen molar-refractivity contribution in [2.45, 2.75) is 25.3 Å². The average molecular weight is 348 g/mol. The van der Waals surface area contributed by atoms with E-state index in [-0.39, 0.29) is 13.0 Å². The van der Waals surface area contributed by atoms with Gasteiger partial charge < -0.3 is 4.74 Å². The molecular weight excluding hydrogens is 332 g/mol. The van der Waals surface area contributed by atoms with Crippen molar-refractivity contribution in [2.24, 2.45) is 0 Å². The van der Waals surface area contributed by atoms with Gasteiger partial charge in [-0.1, -0.05) is 22.0 Å². The number of halogens is 3. The number of benzene rings is 1. The van der Waals surface area contributed by atoms with Crippen LogP contribution < -0.4 is 0 Å². The summed E-state index contributed by atoms with van der Waals surface area (Å²) in [6, 6.07) is 5.17. The monoisotopic (exact) mass is 347 g/mol. The molecule has 3 nitrogen and oxygen atoms in total. The molecule has 0 atom stereocenters. The molecule has 1 aromatic carbocycles. The van der Waals surface area contributed by atoms with E-state index in [0.29, 0.717) is 30.6 Å². The SMILES string of the molecule is COC(=O)c1cccc(Br)c1CN1CCCC(F)(F)C1. The number of alkyl halides is 2. The summed E-state index contributed by atoms with van der Waals surface area (Å²) < 4.78 is 32.3. The molecule has 0 radical (unpaired) electrons. The lowest BCUT2D eigenvalue weighted by molar-refractivity contribution is -0.0661. The quantitative estimate of drug-likeness (QED) is 0.784. The standard InChI is InChI=1S/C14H16BrF2NO2/c1-20-13(19)10-4-2-5-12(15)11(10)8-18-7-3-6-14(16,17)9-18/h2,4-5H,3,6-9H2,1H3. The number of esters is 1. The first-order chi connectivity index (χ1) is 9.43. The summed E-state index contributed by atoms with van der Waals surface area (Å²) in [6.45, 7) is 0.647. The number of nitrogens with zero attached hydrogens (tertiary/aromatic N) is 1. The molecule has 110 valence electrons. The van der Waals surface area contributed by atoms with Crippen LogP contribution in [-0.4, -0.2) is 37.0 Å². The van der Waals surface area contributed by atoms with Crippen molar-refractivity contribution in [2.75, 3.05) is 20.2 Å².